The second-order valence-corrected chi connectivity index (χ2v) is 13.9. The third-order valence-electron chi connectivity index (χ3n) is 9.38. The largest absolute Gasteiger partial charge is 0.362 e. The van der Waals surface area contributed by atoms with Crippen molar-refractivity contribution in [3.05, 3.63) is 81.2 Å². The van der Waals surface area contributed by atoms with E-state index < -0.39 is 10.8 Å². The van der Waals surface area contributed by atoms with Crippen LogP contribution in [-0.4, -0.2) is 53.4 Å². The third kappa shape index (κ3) is 5.69. The van der Waals surface area contributed by atoms with Gasteiger partial charge >= 0.3 is 0 Å². The molecule has 1 saturated carbocycles. The molecule has 2 fully saturated rings. The molecule has 6 rings (SSSR count). The van der Waals surface area contributed by atoms with E-state index in [9.17, 15) is 9.00 Å². The van der Waals surface area contributed by atoms with Crippen molar-refractivity contribution in [3.8, 4) is 0 Å². The van der Waals surface area contributed by atoms with Crippen LogP contribution in [0.2, 0.25) is 0 Å². The number of amides is 1. The van der Waals surface area contributed by atoms with Crippen molar-refractivity contribution < 1.29 is 9.00 Å². The summed E-state index contributed by atoms with van der Waals surface area (Å²) in [6.45, 7) is 15.3. The van der Waals surface area contributed by atoms with E-state index in [-0.39, 0.29) is 11.8 Å². The average molecular weight is 560 g/mol. The highest BCUT2D eigenvalue weighted by atomic mass is 32.2. The Labute approximate surface area is 241 Å². The molecule has 40 heavy (non-hydrogen) atoms. The van der Waals surface area contributed by atoms with Crippen LogP contribution in [0.1, 0.15) is 63.5 Å². The number of carbonyl (C=O) groups excluding carboxylic acids is 1. The number of thiol groups is 1. The molecule has 3 aromatic rings. The molecule has 0 radical (unpaired) electrons. The van der Waals surface area contributed by atoms with E-state index in [0.717, 1.165) is 53.0 Å². The van der Waals surface area contributed by atoms with Crippen molar-refractivity contribution in [2.45, 2.75) is 70.1 Å². The fraction of sp³-hybridized carbons (Fsp3) is 0.485. The zero-order chi connectivity index (χ0) is 28.0. The van der Waals surface area contributed by atoms with Gasteiger partial charge in [0.25, 0.3) is 0 Å². The topological polar surface area (TPSA) is 68.4 Å². The van der Waals surface area contributed by atoms with Crippen LogP contribution in [0.25, 0.3) is 0 Å². The Morgan fingerprint density at radius 1 is 0.925 bits per heavy atom. The van der Waals surface area contributed by atoms with E-state index in [1.54, 1.807) is 0 Å². The fourth-order valence-corrected chi connectivity index (χ4v) is 8.02. The summed E-state index contributed by atoms with van der Waals surface area (Å²) in [4.78, 5) is 22.8. The summed E-state index contributed by atoms with van der Waals surface area (Å²) in [6.07, 6.45) is 3.46. The lowest BCUT2D eigenvalue weighted by Gasteiger charge is -2.35. The molecule has 6 nitrogen and oxygen atoms in total. The van der Waals surface area contributed by atoms with Crippen molar-refractivity contribution in [1.29, 1.82) is 0 Å². The molecule has 2 unspecified atom stereocenters. The van der Waals surface area contributed by atoms with E-state index in [2.05, 4.69) is 59.9 Å². The van der Waals surface area contributed by atoms with E-state index in [0.29, 0.717) is 12.2 Å². The number of benzene rings is 2. The minimum Gasteiger partial charge on any atom is -0.362 e. The number of aryl methyl sites for hydroxylation is 3. The fourth-order valence-electron chi connectivity index (χ4n) is 6.53. The normalized spacial score (nSPS) is 20.5. The first-order valence-electron chi connectivity index (χ1n) is 14.8. The van der Waals surface area contributed by atoms with Crippen molar-refractivity contribution in [2.24, 2.45) is 5.92 Å². The minimum atomic E-state index is -1.61. The minimum absolute atomic E-state index is 0.0251. The number of anilines is 1. The first-order valence-corrected chi connectivity index (χ1v) is 16.3. The van der Waals surface area contributed by atoms with Gasteiger partial charge in [0.1, 0.15) is 16.6 Å². The Morgan fingerprint density at radius 3 is 2.33 bits per heavy atom. The average Bonchev–Trinajstić information content (AvgIpc) is 3.65. The van der Waals surface area contributed by atoms with Crippen LogP contribution in [0.3, 0.4) is 0 Å². The molecule has 7 heteroatoms. The van der Waals surface area contributed by atoms with Gasteiger partial charge in [0.05, 0.1) is 5.92 Å². The molecular weight excluding hydrogens is 516 g/mol. The van der Waals surface area contributed by atoms with E-state index >= 15 is 0 Å². The molecule has 1 aliphatic carbocycles. The lowest BCUT2D eigenvalue weighted by molar-refractivity contribution is -0.117. The van der Waals surface area contributed by atoms with Crippen LogP contribution in [0.5, 0.6) is 0 Å². The number of fused-ring (bicyclic) bond motifs is 1. The molecule has 1 amide bonds. The molecule has 212 valence electrons. The Kier molecular flexibility index (Phi) is 7.73. The molecule has 2 atom stereocenters. The van der Waals surface area contributed by atoms with Crippen LogP contribution >= 0.6 is 0 Å². The Morgan fingerprint density at radius 2 is 1.62 bits per heavy atom. The van der Waals surface area contributed by atoms with Crippen molar-refractivity contribution >= 4 is 22.4 Å². The van der Waals surface area contributed by atoms with Gasteiger partial charge < -0.3 is 15.2 Å². The summed E-state index contributed by atoms with van der Waals surface area (Å²) in [5.41, 5.74) is 10.3. The molecule has 1 saturated heterocycles. The van der Waals surface area contributed by atoms with Crippen LogP contribution in [-0.2, 0) is 38.5 Å². The molecule has 3 heterocycles. The maximum Gasteiger partial charge on any atom is 0.232 e. The maximum atomic E-state index is 13.5. The summed E-state index contributed by atoms with van der Waals surface area (Å²) in [6, 6.07) is 12.1. The number of rotatable bonds is 9. The van der Waals surface area contributed by atoms with Gasteiger partial charge in [0, 0.05) is 68.3 Å². The number of aromatic nitrogens is 1. The number of hydrogen-bond acceptors (Lipinski definition) is 4. The van der Waals surface area contributed by atoms with E-state index in [1.807, 2.05) is 24.3 Å². The lowest BCUT2D eigenvalue weighted by atomic mass is 9.94. The van der Waals surface area contributed by atoms with E-state index in [4.69, 9.17) is 0 Å². The molecule has 2 aromatic carbocycles. The summed E-state index contributed by atoms with van der Waals surface area (Å²) in [5, 5.41) is 3.07. The molecular formula is C33H43N4O2S+. The predicted octanol–water partition coefficient (Wildman–Crippen LogP) is 5.31. The van der Waals surface area contributed by atoms with Gasteiger partial charge in [-0.25, -0.2) is 0 Å². The quantitative estimate of drug-likeness (QED) is 0.275. The zero-order valence-electron chi connectivity index (χ0n) is 24.3. The molecule has 3 aliphatic rings. The predicted molar refractivity (Wildman–Crippen MR) is 164 cm³/mol. The number of nitrogens with one attached hydrogen (secondary N) is 2. The molecule has 2 aliphatic heterocycles. The standard InChI is InChI=1S/C33H42N4O2S/c1-21-6-5-7-22(2)30(21)20-40(39)26-10-11-31-27(16-26)28(33(38)35-31)17-32-23(3)29(24(4)34-32)19-37-14-12-36(13-15-37)18-25-8-9-25/h5-7,10-11,16,25,28,34H,8-9,12-15,17-20H2,1-4H3,(H,35,38)/p+1. The number of aromatic amines is 1. The summed E-state index contributed by atoms with van der Waals surface area (Å²) in [5.74, 6) is 1.22. The SMILES string of the molecule is Cc1cccc(C)c1C[SH+](=O)c1ccc2c(c1)C(Cc1[nH]c(C)c(CN3CCN(CC4CC4)CC3)c1C)C(=O)N2. The van der Waals surface area contributed by atoms with Crippen molar-refractivity contribution in [2.75, 3.05) is 38.0 Å². The monoisotopic (exact) mass is 559 g/mol. The smallest absolute Gasteiger partial charge is 0.232 e. The van der Waals surface area contributed by atoms with Gasteiger partial charge in [0.15, 0.2) is 4.90 Å². The third-order valence-corrected chi connectivity index (χ3v) is 10.8. The molecule has 2 N–H and O–H groups in total. The lowest BCUT2D eigenvalue weighted by Crippen LogP contribution is -2.46. The van der Waals surface area contributed by atoms with Gasteiger partial charge in [-0.05, 0) is 92.5 Å². The summed E-state index contributed by atoms with van der Waals surface area (Å²) >= 11 is 0. The zero-order valence-corrected chi connectivity index (χ0v) is 25.2. The highest BCUT2D eigenvalue weighted by Gasteiger charge is 2.34. The van der Waals surface area contributed by atoms with Gasteiger partial charge in [0.2, 0.25) is 5.91 Å². The number of piperazine rings is 1. The Hall–Kier alpha value is -2.74. The van der Waals surface area contributed by atoms with Crippen molar-refractivity contribution in [3.63, 3.8) is 0 Å². The van der Waals surface area contributed by atoms with Gasteiger partial charge in [-0.3, -0.25) is 9.69 Å². The number of H-pyrrole nitrogens is 1. The molecule has 1 aromatic heterocycles. The first kappa shape index (κ1) is 27.4. The molecule has 0 bridgehead atoms. The number of hydrogen-bond donors (Lipinski definition) is 2. The summed E-state index contributed by atoms with van der Waals surface area (Å²) in [7, 11) is -1.61. The molecule has 0 spiro atoms. The second kappa shape index (κ2) is 11.3. The van der Waals surface area contributed by atoms with Gasteiger partial charge in [-0.1, -0.05) is 18.2 Å². The van der Waals surface area contributed by atoms with E-state index in [1.165, 1.54) is 60.4 Å². The van der Waals surface area contributed by atoms with Gasteiger partial charge in [-0.2, -0.15) is 0 Å². The second-order valence-electron chi connectivity index (χ2n) is 12.3. The first-order chi connectivity index (χ1) is 19.3. The van der Waals surface area contributed by atoms with Crippen LogP contribution in [0.4, 0.5) is 5.69 Å². The highest BCUT2D eigenvalue weighted by molar-refractivity contribution is 7.84. The Balaban J connectivity index is 1.15. The maximum absolute atomic E-state index is 13.5. The summed E-state index contributed by atoms with van der Waals surface area (Å²) < 4.78 is 13.5. The van der Waals surface area contributed by atoms with Gasteiger partial charge in [-0.15, -0.1) is 4.21 Å². The number of carbonyl (C=O) groups is 1. The van der Waals surface area contributed by atoms with Crippen molar-refractivity contribution in [1.82, 2.24) is 14.8 Å². The Bertz CT molecular complexity index is 1430. The number of nitrogens with zero attached hydrogens (tertiary/aromatic N) is 2. The van der Waals surface area contributed by atoms with Crippen LogP contribution in [0, 0.1) is 33.6 Å². The van der Waals surface area contributed by atoms with Crippen LogP contribution < -0.4 is 5.32 Å². The highest BCUT2D eigenvalue weighted by Crippen LogP contribution is 2.37. The van der Waals surface area contributed by atoms with Crippen LogP contribution in [0.15, 0.2) is 41.3 Å².